The summed E-state index contributed by atoms with van der Waals surface area (Å²) in [6.07, 6.45) is 5.85. The third-order valence-corrected chi connectivity index (χ3v) is 9.53. The first kappa shape index (κ1) is 27.2. The fourth-order valence-corrected chi connectivity index (χ4v) is 6.76. The van der Waals surface area contributed by atoms with Gasteiger partial charge in [0.15, 0.2) is 0 Å². The van der Waals surface area contributed by atoms with Gasteiger partial charge < -0.3 is 24.8 Å². The number of aromatic nitrogens is 3. The third-order valence-electron chi connectivity index (χ3n) is 9.53. The number of rotatable bonds is 7. The van der Waals surface area contributed by atoms with Crippen molar-refractivity contribution in [3.63, 3.8) is 0 Å². The summed E-state index contributed by atoms with van der Waals surface area (Å²) in [6.45, 7) is 7.65. The van der Waals surface area contributed by atoms with E-state index in [-0.39, 0.29) is 17.9 Å². The molecule has 2 saturated heterocycles. The van der Waals surface area contributed by atoms with Gasteiger partial charge in [-0.05, 0) is 69.2 Å². The molecule has 0 radical (unpaired) electrons. The molecule has 3 aromatic heterocycles. The van der Waals surface area contributed by atoms with E-state index in [0.29, 0.717) is 37.0 Å². The van der Waals surface area contributed by atoms with Crippen molar-refractivity contribution in [1.82, 2.24) is 24.0 Å². The Morgan fingerprint density at radius 3 is 2.64 bits per heavy atom. The van der Waals surface area contributed by atoms with Gasteiger partial charge in [-0.1, -0.05) is 18.2 Å². The molecule has 3 aliphatic rings. The van der Waals surface area contributed by atoms with Crippen LogP contribution in [0.4, 0.5) is 0 Å². The summed E-state index contributed by atoms with van der Waals surface area (Å²) in [5, 5.41) is 6.28. The lowest BCUT2D eigenvalue weighted by molar-refractivity contribution is -0.145. The number of benzene rings is 1. The highest BCUT2D eigenvalue weighted by atomic mass is 16.5. The number of likely N-dealkylation sites (tertiary alicyclic amines) is 2. The van der Waals surface area contributed by atoms with Crippen LogP contribution in [0.2, 0.25) is 0 Å². The highest BCUT2D eigenvalue weighted by Gasteiger charge is 2.36. The summed E-state index contributed by atoms with van der Waals surface area (Å²) >= 11 is 0. The number of piperidine rings is 1. The molecule has 1 saturated carbocycles. The van der Waals surface area contributed by atoms with E-state index in [9.17, 15) is 9.59 Å². The first-order valence-corrected chi connectivity index (χ1v) is 15.3. The molecule has 2 amide bonds. The number of pyridine rings is 1. The summed E-state index contributed by atoms with van der Waals surface area (Å²) < 4.78 is 9.61. The normalized spacial score (nSPS) is 20.3. The number of para-hydroxylation sites is 1. The molecule has 3 fully saturated rings. The molecule has 1 unspecified atom stereocenters. The number of amides is 2. The van der Waals surface area contributed by atoms with Crippen LogP contribution in [-0.2, 0) is 16.1 Å². The second-order valence-corrected chi connectivity index (χ2v) is 12.6. The van der Waals surface area contributed by atoms with Gasteiger partial charge in [-0.2, -0.15) is 5.10 Å². The van der Waals surface area contributed by atoms with Crippen LogP contribution < -0.4 is 5.73 Å². The predicted molar refractivity (Wildman–Crippen MR) is 162 cm³/mol. The van der Waals surface area contributed by atoms with Crippen molar-refractivity contribution < 1.29 is 14.3 Å². The largest absolute Gasteiger partial charge is 0.372 e. The van der Waals surface area contributed by atoms with Gasteiger partial charge in [0, 0.05) is 68.9 Å². The van der Waals surface area contributed by atoms with Gasteiger partial charge in [-0.15, -0.1) is 0 Å². The Balaban J connectivity index is 1.25. The van der Waals surface area contributed by atoms with Crippen LogP contribution in [-0.4, -0.2) is 81.2 Å². The summed E-state index contributed by atoms with van der Waals surface area (Å²) in [5.74, 6) is 1.03. The Hall–Kier alpha value is -3.69. The van der Waals surface area contributed by atoms with Gasteiger partial charge in [0.05, 0.1) is 22.3 Å². The monoisotopic (exact) mass is 568 g/mol. The van der Waals surface area contributed by atoms with E-state index < -0.39 is 6.10 Å². The zero-order valence-electron chi connectivity index (χ0n) is 24.8. The quantitative estimate of drug-likeness (QED) is 0.360. The number of fused-ring (bicyclic) bond motifs is 2. The van der Waals surface area contributed by atoms with E-state index in [2.05, 4.69) is 35.8 Å². The van der Waals surface area contributed by atoms with Gasteiger partial charge >= 0.3 is 0 Å². The summed E-state index contributed by atoms with van der Waals surface area (Å²) in [5.41, 5.74) is 13.5. The molecule has 1 aliphatic carbocycles. The first-order valence-electron chi connectivity index (χ1n) is 15.3. The SMILES string of the molecule is COC(C)C(=O)N1CC(c2cccc3cc(-c4nn5cc(C(=O)N6CCC[C@@H](N)C6)ccc5c4C)n(CC4CC4)c23)C1. The van der Waals surface area contributed by atoms with Gasteiger partial charge in [-0.3, -0.25) is 9.59 Å². The molecule has 0 spiro atoms. The molecule has 5 heterocycles. The van der Waals surface area contributed by atoms with Gasteiger partial charge in [0.25, 0.3) is 11.8 Å². The zero-order valence-corrected chi connectivity index (χ0v) is 24.8. The number of methoxy groups -OCH3 is 1. The zero-order chi connectivity index (χ0) is 29.1. The van der Waals surface area contributed by atoms with E-state index in [4.69, 9.17) is 15.6 Å². The number of ether oxygens (including phenoxy) is 1. The molecule has 4 aromatic rings. The Morgan fingerprint density at radius 2 is 1.90 bits per heavy atom. The molecule has 9 nitrogen and oxygen atoms in total. The van der Waals surface area contributed by atoms with Crippen LogP contribution in [0.5, 0.6) is 0 Å². The lowest BCUT2D eigenvalue weighted by Crippen LogP contribution is -2.52. The fraction of sp³-hybridized carbons (Fsp3) is 0.485. The smallest absolute Gasteiger partial charge is 0.255 e. The molecule has 9 heteroatoms. The van der Waals surface area contributed by atoms with Crippen LogP contribution in [0.3, 0.4) is 0 Å². The van der Waals surface area contributed by atoms with E-state index in [1.54, 1.807) is 7.11 Å². The van der Waals surface area contributed by atoms with E-state index >= 15 is 0 Å². The molecule has 2 N–H and O–H groups in total. The molecule has 2 atom stereocenters. The van der Waals surface area contributed by atoms with Crippen molar-refractivity contribution in [3.8, 4) is 11.4 Å². The number of nitrogens with two attached hydrogens (primary N) is 1. The Bertz CT molecular complexity index is 1680. The highest BCUT2D eigenvalue weighted by Crippen LogP contribution is 2.41. The molecule has 220 valence electrons. The minimum atomic E-state index is -0.418. The minimum Gasteiger partial charge on any atom is -0.372 e. The number of carbonyl (C=O) groups is 2. The molecule has 1 aromatic carbocycles. The van der Waals surface area contributed by atoms with E-state index in [1.807, 2.05) is 39.6 Å². The number of aryl methyl sites for hydroxylation is 1. The molecule has 2 aliphatic heterocycles. The maximum Gasteiger partial charge on any atom is 0.255 e. The van der Waals surface area contributed by atoms with E-state index in [0.717, 1.165) is 48.4 Å². The molecule has 42 heavy (non-hydrogen) atoms. The summed E-state index contributed by atoms with van der Waals surface area (Å²) in [4.78, 5) is 29.7. The molecular weight excluding hydrogens is 528 g/mol. The maximum absolute atomic E-state index is 13.3. The average Bonchev–Trinajstić information content (AvgIpc) is 3.64. The van der Waals surface area contributed by atoms with Crippen molar-refractivity contribution in [2.75, 3.05) is 33.3 Å². The highest BCUT2D eigenvalue weighted by molar-refractivity contribution is 5.95. The van der Waals surface area contributed by atoms with Crippen molar-refractivity contribution in [1.29, 1.82) is 0 Å². The van der Waals surface area contributed by atoms with Crippen molar-refractivity contribution in [3.05, 3.63) is 59.3 Å². The van der Waals surface area contributed by atoms with Gasteiger partial charge in [0.1, 0.15) is 11.8 Å². The lowest BCUT2D eigenvalue weighted by atomic mass is 9.89. The van der Waals surface area contributed by atoms with Crippen molar-refractivity contribution in [2.24, 2.45) is 11.7 Å². The number of hydrogen-bond acceptors (Lipinski definition) is 5. The Morgan fingerprint density at radius 1 is 1.10 bits per heavy atom. The average molecular weight is 569 g/mol. The number of hydrogen-bond donors (Lipinski definition) is 1. The van der Waals surface area contributed by atoms with Crippen molar-refractivity contribution >= 4 is 28.2 Å². The third kappa shape index (κ3) is 4.68. The predicted octanol–water partition coefficient (Wildman–Crippen LogP) is 4.20. The van der Waals surface area contributed by atoms with E-state index in [1.165, 1.54) is 29.3 Å². The molecule has 0 bridgehead atoms. The summed E-state index contributed by atoms with van der Waals surface area (Å²) in [6, 6.07) is 12.8. The Labute approximate surface area is 246 Å². The van der Waals surface area contributed by atoms with Crippen molar-refractivity contribution in [2.45, 2.75) is 64.1 Å². The molecular formula is C33H40N6O3. The second-order valence-electron chi connectivity index (χ2n) is 12.6. The fourth-order valence-electron chi connectivity index (χ4n) is 6.76. The standard InChI is InChI=1S/C33H40N6O3/c1-20-28-12-11-24(33(41)36-13-5-7-26(34)19-36)18-39(28)35-30(20)29-14-23-6-4-8-27(31(23)38(29)15-22-9-10-22)25-16-37(17-25)32(40)21(2)42-3/h4,6,8,11-12,14,18,21-22,25-26H,5,7,9-10,13,15-17,19,34H2,1-3H3/t21?,26-/m1/s1. The van der Waals surface area contributed by atoms with Crippen LogP contribution in [0, 0.1) is 12.8 Å². The number of carbonyl (C=O) groups excluding carboxylic acids is 2. The van der Waals surface area contributed by atoms with Crippen LogP contribution in [0.15, 0.2) is 42.6 Å². The maximum atomic E-state index is 13.3. The minimum absolute atomic E-state index is 0.0159. The lowest BCUT2D eigenvalue weighted by Gasteiger charge is -2.41. The Kier molecular flexibility index (Phi) is 6.82. The van der Waals surface area contributed by atoms with Crippen LogP contribution in [0.25, 0.3) is 27.8 Å². The topological polar surface area (TPSA) is 98.1 Å². The van der Waals surface area contributed by atoms with Gasteiger partial charge in [0.2, 0.25) is 0 Å². The van der Waals surface area contributed by atoms with Crippen LogP contribution >= 0.6 is 0 Å². The summed E-state index contributed by atoms with van der Waals surface area (Å²) in [7, 11) is 1.58. The van der Waals surface area contributed by atoms with Gasteiger partial charge in [-0.25, -0.2) is 4.52 Å². The first-order chi connectivity index (χ1) is 20.3. The number of nitrogens with zero attached hydrogens (tertiary/aromatic N) is 5. The second kappa shape index (κ2) is 10.5. The molecule has 7 rings (SSSR count). The van der Waals surface area contributed by atoms with Crippen LogP contribution in [0.1, 0.15) is 60.0 Å².